The molecule has 2 saturated heterocycles. The molecule has 44 heavy (non-hydrogen) atoms. The van der Waals surface area contributed by atoms with E-state index in [2.05, 4.69) is 5.32 Å². The Hall–Kier alpha value is -3.89. The molecule has 2 heterocycles. The predicted octanol–water partition coefficient (Wildman–Crippen LogP) is 5.89. The molecule has 3 amide bonds. The molecule has 2 aromatic rings. The van der Waals surface area contributed by atoms with Crippen LogP contribution in [0.4, 0.5) is 18.4 Å². The van der Waals surface area contributed by atoms with Crippen LogP contribution in [-0.4, -0.2) is 84.1 Å². The second-order valence-electron chi connectivity index (χ2n) is 12.6. The van der Waals surface area contributed by atoms with E-state index in [4.69, 9.17) is 14.2 Å². The molecular formula is C33H43F2N3O6. The summed E-state index contributed by atoms with van der Waals surface area (Å²) in [6.07, 6.45) is -0.906. The molecular weight excluding hydrogens is 572 g/mol. The first-order valence-electron chi connectivity index (χ1n) is 15.2. The van der Waals surface area contributed by atoms with Crippen molar-refractivity contribution in [1.82, 2.24) is 15.1 Å². The van der Waals surface area contributed by atoms with Gasteiger partial charge in [0.25, 0.3) is 0 Å². The molecule has 0 saturated carbocycles. The number of hydrogen-bond donors (Lipinski definition) is 1. The van der Waals surface area contributed by atoms with Gasteiger partial charge in [-0.3, -0.25) is 4.79 Å². The third kappa shape index (κ3) is 9.30. The Kier molecular flexibility index (Phi) is 10.7. The van der Waals surface area contributed by atoms with Gasteiger partial charge >= 0.3 is 12.2 Å². The number of rotatable bonds is 8. The van der Waals surface area contributed by atoms with Gasteiger partial charge in [0.05, 0.1) is 12.6 Å². The topological polar surface area (TPSA) is 97.4 Å². The lowest BCUT2D eigenvalue weighted by Crippen LogP contribution is -2.50. The molecule has 1 N–H and O–H groups in total. The quantitative estimate of drug-likeness (QED) is 0.398. The number of benzene rings is 2. The highest BCUT2D eigenvalue weighted by Crippen LogP contribution is 2.27. The number of nitrogens with one attached hydrogen (secondary N) is 1. The Morgan fingerprint density at radius 2 is 1.59 bits per heavy atom. The van der Waals surface area contributed by atoms with Crippen LogP contribution in [-0.2, 0) is 20.7 Å². The predicted molar refractivity (Wildman–Crippen MR) is 162 cm³/mol. The highest BCUT2D eigenvalue weighted by Gasteiger charge is 2.33. The maximum Gasteiger partial charge on any atom is 0.410 e. The van der Waals surface area contributed by atoms with Crippen molar-refractivity contribution in [2.24, 2.45) is 0 Å². The van der Waals surface area contributed by atoms with Gasteiger partial charge in [-0.05, 0) is 75.9 Å². The van der Waals surface area contributed by atoms with Gasteiger partial charge in [-0.15, -0.1) is 0 Å². The monoisotopic (exact) mass is 615 g/mol. The minimum Gasteiger partial charge on any atom is -0.490 e. The van der Waals surface area contributed by atoms with Crippen LogP contribution >= 0.6 is 0 Å². The SMILES string of the molecule is CC(C)OC(=O)N1CCC(Oc2ccc(-c3ccc(CC(NC(=O)OC(C)(C)C)C(=O)N4CC[C@H](F)C4)c(F)c3)cc2)CC1. The number of nitrogens with zero attached hydrogens (tertiary/aromatic N) is 2. The van der Waals surface area contributed by atoms with Crippen LogP contribution in [0.3, 0.4) is 0 Å². The van der Waals surface area contributed by atoms with Gasteiger partial charge < -0.3 is 29.3 Å². The number of halogens is 2. The Morgan fingerprint density at radius 1 is 0.955 bits per heavy atom. The number of amides is 3. The lowest BCUT2D eigenvalue weighted by Gasteiger charge is -2.32. The fourth-order valence-electron chi connectivity index (χ4n) is 5.25. The van der Waals surface area contributed by atoms with Crippen molar-refractivity contribution in [2.45, 2.75) is 90.3 Å². The first-order chi connectivity index (χ1) is 20.8. The summed E-state index contributed by atoms with van der Waals surface area (Å²) < 4.78 is 45.9. The summed E-state index contributed by atoms with van der Waals surface area (Å²) in [4.78, 5) is 40.8. The average Bonchev–Trinajstić information content (AvgIpc) is 3.39. The standard InChI is InChI=1S/C33H43F2N3O6/c1-21(2)42-32(41)37-16-13-27(14-17-37)43-26-10-8-22(9-11-26)23-6-7-24(28(35)18-23)19-29(36-31(40)44-33(3,4)5)30(39)38-15-12-25(34)20-38/h6-11,18,21,25,27,29H,12-17,19-20H2,1-5H3,(H,36,40)/t25-,29?/m0/s1. The van der Waals surface area contributed by atoms with Crippen molar-refractivity contribution >= 4 is 18.1 Å². The zero-order chi connectivity index (χ0) is 32.0. The molecule has 0 bridgehead atoms. The van der Waals surface area contributed by atoms with E-state index in [1.807, 2.05) is 38.1 Å². The van der Waals surface area contributed by atoms with Crippen LogP contribution in [0, 0.1) is 5.82 Å². The second-order valence-corrected chi connectivity index (χ2v) is 12.6. The van der Waals surface area contributed by atoms with Gasteiger partial charge in [0.2, 0.25) is 5.91 Å². The fourth-order valence-corrected chi connectivity index (χ4v) is 5.25. The van der Waals surface area contributed by atoms with Gasteiger partial charge in [-0.1, -0.05) is 24.3 Å². The molecule has 9 nitrogen and oxygen atoms in total. The van der Waals surface area contributed by atoms with Crippen LogP contribution in [0.15, 0.2) is 42.5 Å². The van der Waals surface area contributed by atoms with Crippen molar-refractivity contribution in [3.05, 3.63) is 53.8 Å². The largest absolute Gasteiger partial charge is 0.490 e. The van der Waals surface area contributed by atoms with Crippen LogP contribution < -0.4 is 10.1 Å². The smallest absolute Gasteiger partial charge is 0.410 e. The summed E-state index contributed by atoms with van der Waals surface area (Å²) in [5.41, 5.74) is 0.864. The van der Waals surface area contributed by atoms with E-state index < -0.39 is 35.6 Å². The lowest BCUT2D eigenvalue weighted by molar-refractivity contribution is -0.132. The number of carbonyl (C=O) groups is 3. The second kappa shape index (κ2) is 14.3. The van der Waals surface area contributed by atoms with Crippen LogP contribution in [0.25, 0.3) is 11.1 Å². The summed E-state index contributed by atoms with van der Waals surface area (Å²) in [6.45, 7) is 10.1. The van der Waals surface area contributed by atoms with Gasteiger partial charge in [0.15, 0.2) is 0 Å². The van der Waals surface area contributed by atoms with Crippen molar-refractivity contribution in [2.75, 3.05) is 26.2 Å². The Bertz CT molecular complexity index is 1310. The van der Waals surface area contributed by atoms with Crippen molar-refractivity contribution < 1.29 is 37.4 Å². The number of hydrogen-bond acceptors (Lipinski definition) is 6. The number of carbonyl (C=O) groups excluding carboxylic acids is 3. The van der Waals surface area contributed by atoms with Gasteiger partial charge in [0, 0.05) is 38.9 Å². The van der Waals surface area contributed by atoms with Crippen molar-refractivity contribution in [1.29, 1.82) is 0 Å². The summed E-state index contributed by atoms with van der Waals surface area (Å²) in [6, 6.07) is 11.0. The van der Waals surface area contributed by atoms with Crippen LogP contribution in [0.2, 0.25) is 0 Å². The van der Waals surface area contributed by atoms with E-state index in [1.54, 1.807) is 37.8 Å². The number of alkyl halides is 1. The first-order valence-corrected chi connectivity index (χ1v) is 15.2. The van der Waals surface area contributed by atoms with Gasteiger partial charge in [-0.25, -0.2) is 18.4 Å². The molecule has 1 unspecified atom stereocenters. The molecule has 0 spiro atoms. The summed E-state index contributed by atoms with van der Waals surface area (Å²) >= 11 is 0. The van der Waals surface area contributed by atoms with E-state index in [0.717, 1.165) is 5.56 Å². The zero-order valence-electron chi connectivity index (χ0n) is 26.1. The first kappa shape index (κ1) is 33.0. The Balaban J connectivity index is 1.38. The summed E-state index contributed by atoms with van der Waals surface area (Å²) in [5, 5.41) is 2.56. The molecule has 0 aromatic heterocycles. The maximum absolute atomic E-state index is 15.4. The van der Waals surface area contributed by atoms with Crippen LogP contribution in [0.5, 0.6) is 5.75 Å². The third-order valence-electron chi connectivity index (χ3n) is 7.44. The van der Waals surface area contributed by atoms with Gasteiger partial charge in [-0.2, -0.15) is 0 Å². The zero-order valence-corrected chi connectivity index (χ0v) is 26.1. The van der Waals surface area contributed by atoms with Crippen molar-refractivity contribution in [3.8, 4) is 16.9 Å². The van der Waals surface area contributed by atoms with Crippen molar-refractivity contribution in [3.63, 3.8) is 0 Å². The Morgan fingerprint density at radius 3 is 2.16 bits per heavy atom. The number of likely N-dealkylation sites (tertiary alicyclic amines) is 2. The molecule has 11 heteroatoms. The normalized spacial score (nSPS) is 18.2. The highest BCUT2D eigenvalue weighted by atomic mass is 19.1. The molecule has 4 rings (SSSR count). The summed E-state index contributed by atoms with van der Waals surface area (Å²) in [5.74, 6) is -0.323. The minimum atomic E-state index is -1.12. The van der Waals surface area contributed by atoms with Crippen LogP contribution in [0.1, 0.15) is 59.4 Å². The fraction of sp³-hybridized carbons (Fsp3) is 0.545. The molecule has 2 fully saturated rings. The maximum atomic E-state index is 15.4. The molecule has 2 aliphatic rings. The van der Waals surface area contributed by atoms with E-state index in [0.29, 0.717) is 37.2 Å². The molecule has 2 aliphatic heterocycles. The average molecular weight is 616 g/mol. The molecule has 2 aromatic carbocycles. The number of piperidine rings is 1. The number of alkyl carbamates (subject to hydrolysis) is 1. The number of ether oxygens (including phenoxy) is 3. The Labute approximate surface area is 257 Å². The van der Waals surface area contributed by atoms with E-state index >= 15 is 4.39 Å². The highest BCUT2D eigenvalue weighted by molar-refractivity contribution is 5.86. The molecule has 0 aliphatic carbocycles. The molecule has 2 atom stereocenters. The van der Waals surface area contributed by atoms with E-state index in [-0.39, 0.29) is 49.8 Å². The third-order valence-corrected chi connectivity index (χ3v) is 7.44. The minimum absolute atomic E-state index is 0.0260. The van der Waals surface area contributed by atoms with Gasteiger partial charge in [0.1, 0.15) is 35.5 Å². The molecule has 240 valence electrons. The summed E-state index contributed by atoms with van der Waals surface area (Å²) in [7, 11) is 0. The molecule has 0 radical (unpaired) electrons. The van der Waals surface area contributed by atoms with E-state index in [1.165, 1.54) is 11.0 Å². The lowest BCUT2D eigenvalue weighted by atomic mass is 9.99. The van der Waals surface area contributed by atoms with E-state index in [9.17, 15) is 18.8 Å².